The van der Waals surface area contributed by atoms with Gasteiger partial charge in [0.05, 0.1) is 12.5 Å². The zero-order valence-electron chi connectivity index (χ0n) is 18.6. The Morgan fingerprint density at radius 3 is 1.44 bits per heavy atom. The summed E-state index contributed by atoms with van der Waals surface area (Å²) in [6, 6.07) is 21.9. The van der Waals surface area contributed by atoms with Gasteiger partial charge in [-0.25, -0.2) is 9.59 Å². The molecule has 6 heteroatoms. The Kier molecular flexibility index (Phi) is 6.04. The molecule has 0 atom stereocenters. The van der Waals surface area contributed by atoms with E-state index >= 15 is 0 Å². The van der Waals surface area contributed by atoms with Crippen LogP contribution in [0, 0.1) is 0 Å². The summed E-state index contributed by atoms with van der Waals surface area (Å²) in [5, 5.41) is 0. The predicted molar refractivity (Wildman–Crippen MR) is 124 cm³/mol. The zero-order chi connectivity index (χ0) is 23.4. The van der Waals surface area contributed by atoms with Crippen LogP contribution in [0.2, 0.25) is 0 Å². The molecule has 0 bridgehead atoms. The second kappa shape index (κ2) is 9.43. The third-order valence-corrected chi connectivity index (χ3v) is 6.39. The van der Waals surface area contributed by atoms with E-state index in [9.17, 15) is 9.59 Å². The van der Waals surface area contributed by atoms with Crippen molar-refractivity contribution >= 4 is 11.9 Å². The van der Waals surface area contributed by atoms with Gasteiger partial charge in [-0.3, -0.25) is 0 Å². The number of hydrogen-bond acceptors (Lipinski definition) is 6. The topological polar surface area (TPSA) is 78.9 Å². The first-order valence-corrected chi connectivity index (χ1v) is 11.4. The lowest BCUT2D eigenvalue weighted by Gasteiger charge is -2.38. The van der Waals surface area contributed by atoms with E-state index in [1.165, 1.54) is 30.1 Å². The van der Waals surface area contributed by atoms with Crippen LogP contribution in [0.4, 0.5) is 0 Å². The second-order valence-electron chi connectivity index (χ2n) is 8.43. The van der Waals surface area contributed by atoms with E-state index in [0.717, 1.165) is 25.7 Å². The van der Waals surface area contributed by atoms with Crippen LogP contribution in [-0.4, -0.2) is 11.9 Å². The van der Waals surface area contributed by atoms with Crippen LogP contribution in [0.3, 0.4) is 0 Å². The number of esters is 2. The highest BCUT2D eigenvalue weighted by Crippen LogP contribution is 2.45. The Hall–Kier alpha value is -4.06. The molecule has 1 aliphatic rings. The summed E-state index contributed by atoms with van der Waals surface area (Å²) in [6.45, 7) is 0. The molecule has 2 heterocycles. The molecule has 2 aromatic heterocycles. The molecule has 34 heavy (non-hydrogen) atoms. The molecular weight excluding hydrogens is 432 g/mol. The van der Waals surface area contributed by atoms with Gasteiger partial charge in [0.2, 0.25) is 11.5 Å². The van der Waals surface area contributed by atoms with Gasteiger partial charge in [-0.2, -0.15) is 0 Å². The molecule has 1 fully saturated rings. The first-order chi connectivity index (χ1) is 16.6. The maximum Gasteiger partial charge on any atom is 0.379 e. The molecule has 172 valence electrons. The zero-order valence-corrected chi connectivity index (χ0v) is 18.6. The second-order valence-corrected chi connectivity index (χ2v) is 8.43. The van der Waals surface area contributed by atoms with Crippen LogP contribution in [-0.2, 0) is 5.41 Å². The van der Waals surface area contributed by atoms with Crippen molar-refractivity contribution in [2.24, 2.45) is 0 Å². The summed E-state index contributed by atoms with van der Waals surface area (Å²) in [6.07, 6.45) is 8.38. The smallest absolute Gasteiger partial charge is 0.379 e. The van der Waals surface area contributed by atoms with Crippen LogP contribution in [0.1, 0.15) is 64.3 Å². The van der Waals surface area contributed by atoms with Crippen molar-refractivity contribution < 1.29 is 27.9 Å². The Bertz CT molecular complexity index is 1140. The third kappa shape index (κ3) is 4.39. The van der Waals surface area contributed by atoms with Gasteiger partial charge in [-0.1, -0.05) is 43.5 Å². The summed E-state index contributed by atoms with van der Waals surface area (Å²) in [5.41, 5.74) is 2.20. The minimum atomic E-state index is -0.523. The molecular formula is C28H24O6. The fourth-order valence-electron chi connectivity index (χ4n) is 4.69. The monoisotopic (exact) mass is 456 g/mol. The molecule has 0 saturated heterocycles. The fourth-order valence-corrected chi connectivity index (χ4v) is 4.69. The summed E-state index contributed by atoms with van der Waals surface area (Å²) in [7, 11) is 0. The van der Waals surface area contributed by atoms with Crippen molar-refractivity contribution in [3.8, 4) is 11.5 Å². The number of furan rings is 2. The average Bonchev–Trinajstić information content (AvgIpc) is 3.60. The van der Waals surface area contributed by atoms with Gasteiger partial charge in [-0.05, 0) is 72.5 Å². The minimum absolute atomic E-state index is 0.147. The maximum absolute atomic E-state index is 12.2. The van der Waals surface area contributed by atoms with Crippen LogP contribution >= 0.6 is 0 Å². The molecule has 0 unspecified atom stereocenters. The lowest BCUT2D eigenvalue weighted by Crippen LogP contribution is -2.30. The molecule has 4 aromatic rings. The number of benzene rings is 2. The predicted octanol–water partition coefficient (Wildman–Crippen LogP) is 6.56. The average molecular weight is 456 g/mol. The van der Waals surface area contributed by atoms with E-state index < -0.39 is 11.9 Å². The third-order valence-electron chi connectivity index (χ3n) is 6.39. The summed E-state index contributed by atoms with van der Waals surface area (Å²) in [4.78, 5) is 24.3. The van der Waals surface area contributed by atoms with Gasteiger partial charge in [0.1, 0.15) is 11.5 Å². The van der Waals surface area contributed by atoms with Gasteiger partial charge in [0.15, 0.2) is 0 Å². The van der Waals surface area contributed by atoms with E-state index in [0.29, 0.717) is 11.5 Å². The standard InChI is InChI=1S/C28H24O6/c29-26(24-6-4-18-31-24)33-22-12-8-20(9-13-22)28(16-2-1-3-17-28)21-10-14-23(15-11-21)34-27(30)25-7-5-19-32-25/h4-15,18-19H,1-3,16-17H2. The van der Waals surface area contributed by atoms with E-state index in [4.69, 9.17) is 18.3 Å². The molecule has 0 amide bonds. The van der Waals surface area contributed by atoms with Gasteiger partial charge < -0.3 is 18.3 Å². The van der Waals surface area contributed by atoms with Crippen molar-refractivity contribution in [1.82, 2.24) is 0 Å². The van der Waals surface area contributed by atoms with Crippen molar-refractivity contribution in [2.75, 3.05) is 0 Å². The maximum atomic E-state index is 12.2. The Morgan fingerprint density at radius 1 is 0.618 bits per heavy atom. The first kappa shape index (κ1) is 21.8. The molecule has 1 aliphatic carbocycles. The fraction of sp³-hybridized carbons (Fsp3) is 0.214. The SMILES string of the molecule is O=C(Oc1ccc(C2(c3ccc(OC(=O)c4ccco4)cc3)CCCCC2)cc1)c1ccco1. The summed E-state index contributed by atoms with van der Waals surface area (Å²) >= 11 is 0. The summed E-state index contributed by atoms with van der Waals surface area (Å²) < 4.78 is 21.1. The lowest BCUT2D eigenvalue weighted by atomic mass is 9.65. The summed E-state index contributed by atoms with van der Waals surface area (Å²) in [5.74, 6) is 0.226. The minimum Gasteiger partial charge on any atom is -0.457 e. The number of carbonyl (C=O) groups is 2. The molecule has 0 spiro atoms. The number of hydrogen-bond donors (Lipinski definition) is 0. The highest BCUT2D eigenvalue weighted by Gasteiger charge is 2.35. The van der Waals surface area contributed by atoms with E-state index in [1.807, 2.05) is 48.5 Å². The van der Waals surface area contributed by atoms with Crippen molar-refractivity contribution in [3.63, 3.8) is 0 Å². The quantitative estimate of drug-likeness (QED) is 0.241. The van der Waals surface area contributed by atoms with E-state index in [2.05, 4.69) is 0 Å². The normalized spacial score (nSPS) is 14.9. The van der Waals surface area contributed by atoms with Crippen LogP contribution in [0.25, 0.3) is 0 Å². The van der Waals surface area contributed by atoms with Crippen molar-refractivity contribution in [3.05, 3.63) is 108 Å². The van der Waals surface area contributed by atoms with Crippen LogP contribution < -0.4 is 9.47 Å². The van der Waals surface area contributed by atoms with Crippen molar-refractivity contribution in [2.45, 2.75) is 37.5 Å². The van der Waals surface area contributed by atoms with Crippen LogP contribution in [0.15, 0.2) is 94.2 Å². The Balaban J connectivity index is 1.36. The Morgan fingerprint density at radius 2 is 1.06 bits per heavy atom. The molecule has 0 aliphatic heterocycles. The lowest BCUT2D eigenvalue weighted by molar-refractivity contribution is 0.0692. The molecule has 5 rings (SSSR count). The van der Waals surface area contributed by atoms with E-state index in [-0.39, 0.29) is 16.9 Å². The van der Waals surface area contributed by atoms with Gasteiger partial charge in [0.25, 0.3) is 0 Å². The molecule has 6 nitrogen and oxygen atoms in total. The van der Waals surface area contributed by atoms with Gasteiger partial charge in [0, 0.05) is 5.41 Å². The van der Waals surface area contributed by atoms with Crippen LogP contribution in [0.5, 0.6) is 11.5 Å². The molecule has 2 aromatic carbocycles. The molecule has 0 radical (unpaired) electrons. The highest BCUT2D eigenvalue weighted by molar-refractivity contribution is 5.88. The number of carbonyl (C=O) groups excluding carboxylic acids is 2. The van der Waals surface area contributed by atoms with Gasteiger partial charge >= 0.3 is 11.9 Å². The number of rotatable bonds is 6. The molecule has 1 saturated carbocycles. The van der Waals surface area contributed by atoms with Crippen molar-refractivity contribution in [1.29, 1.82) is 0 Å². The highest BCUT2D eigenvalue weighted by atomic mass is 16.6. The van der Waals surface area contributed by atoms with E-state index in [1.54, 1.807) is 24.3 Å². The molecule has 0 N–H and O–H groups in total. The first-order valence-electron chi connectivity index (χ1n) is 11.4. The Labute approximate surface area is 197 Å². The number of ether oxygens (including phenoxy) is 2. The van der Waals surface area contributed by atoms with Gasteiger partial charge in [-0.15, -0.1) is 0 Å². The largest absolute Gasteiger partial charge is 0.457 e.